The number of hydrogen-bond acceptors (Lipinski definition) is 6. The molecular formula is C19H20N2O5. The minimum atomic E-state index is -0.552. The molecule has 1 fully saturated rings. The normalized spacial score (nSPS) is 16.3. The summed E-state index contributed by atoms with van der Waals surface area (Å²) in [4.78, 5) is 15.9. The van der Waals surface area contributed by atoms with E-state index in [1.54, 1.807) is 18.2 Å². The average Bonchev–Trinajstić information content (AvgIpc) is 2.98. The van der Waals surface area contributed by atoms with E-state index in [0.29, 0.717) is 23.4 Å². The Balaban J connectivity index is 1.21. The van der Waals surface area contributed by atoms with Gasteiger partial charge in [-0.05, 0) is 24.3 Å². The number of fused-ring (bicyclic) bond motifs is 1. The van der Waals surface area contributed by atoms with E-state index in [-0.39, 0.29) is 12.7 Å². The standard InChI is InChI=1S/C19H20N2O5/c22-13(12-24-14-4-2-1-3-5-14)9-21-10-16(11-21)25-15-6-7-18-17(8-15)20-19(23)26-18/h1-8,13,16,22H,9-12H2,(H,20,23). The molecule has 1 saturated heterocycles. The monoisotopic (exact) mass is 356 g/mol. The lowest BCUT2D eigenvalue weighted by Crippen LogP contribution is -2.56. The van der Waals surface area contributed by atoms with Crippen molar-refractivity contribution in [2.24, 2.45) is 0 Å². The minimum Gasteiger partial charge on any atom is -0.491 e. The highest BCUT2D eigenvalue weighted by Gasteiger charge is 2.30. The van der Waals surface area contributed by atoms with Crippen molar-refractivity contribution in [2.75, 3.05) is 26.2 Å². The van der Waals surface area contributed by atoms with E-state index in [1.165, 1.54) is 0 Å². The molecule has 1 unspecified atom stereocenters. The number of aliphatic hydroxyl groups excluding tert-OH is 1. The largest absolute Gasteiger partial charge is 0.491 e. The second kappa shape index (κ2) is 7.23. The van der Waals surface area contributed by atoms with Crippen LogP contribution in [0.25, 0.3) is 11.1 Å². The lowest BCUT2D eigenvalue weighted by molar-refractivity contribution is -0.0174. The van der Waals surface area contributed by atoms with Gasteiger partial charge in [0, 0.05) is 25.7 Å². The molecule has 4 rings (SSSR count). The number of aromatic nitrogens is 1. The fourth-order valence-electron chi connectivity index (χ4n) is 3.00. The van der Waals surface area contributed by atoms with Crippen LogP contribution in [-0.4, -0.2) is 53.4 Å². The summed E-state index contributed by atoms with van der Waals surface area (Å²) in [5.41, 5.74) is 1.14. The summed E-state index contributed by atoms with van der Waals surface area (Å²) in [6.45, 7) is 2.28. The zero-order chi connectivity index (χ0) is 17.9. The van der Waals surface area contributed by atoms with Crippen LogP contribution in [0, 0.1) is 0 Å². The molecule has 1 atom stereocenters. The number of nitrogens with one attached hydrogen (secondary N) is 1. The van der Waals surface area contributed by atoms with Crippen molar-refractivity contribution in [3.63, 3.8) is 0 Å². The van der Waals surface area contributed by atoms with Crippen molar-refractivity contribution < 1.29 is 19.0 Å². The minimum absolute atomic E-state index is 0.0633. The van der Waals surface area contributed by atoms with Crippen LogP contribution in [0.2, 0.25) is 0 Å². The Bertz CT molecular complexity index is 914. The Hall–Kier alpha value is -2.77. The van der Waals surface area contributed by atoms with Gasteiger partial charge in [0.05, 0.1) is 5.52 Å². The topological polar surface area (TPSA) is 87.9 Å². The van der Waals surface area contributed by atoms with Crippen LogP contribution in [-0.2, 0) is 0 Å². The van der Waals surface area contributed by atoms with E-state index >= 15 is 0 Å². The number of ether oxygens (including phenoxy) is 2. The number of likely N-dealkylation sites (tertiary alicyclic amines) is 1. The lowest BCUT2D eigenvalue weighted by atomic mass is 10.1. The van der Waals surface area contributed by atoms with Crippen molar-refractivity contribution in [1.29, 1.82) is 0 Å². The number of para-hydroxylation sites is 1. The number of rotatable bonds is 7. The molecule has 2 N–H and O–H groups in total. The van der Waals surface area contributed by atoms with Gasteiger partial charge in [-0.1, -0.05) is 18.2 Å². The maximum absolute atomic E-state index is 11.2. The van der Waals surface area contributed by atoms with Gasteiger partial charge >= 0.3 is 5.76 Å². The fraction of sp³-hybridized carbons (Fsp3) is 0.316. The van der Waals surface area contributed by atoms with E-state index in [0.717, 1.165) is 18.8 Å². The molecular weight excluding hydrogens is 336 g/mol. The summed E-state index contributed by atoms with van der Waals surface area (Å²) in [6, 6.07) is 14.7. The third-order valence-electron chi connectivity index (χ3n) is 4.27. The quantitative estimate of drug-likeness (QED) is 0.669. The van der Waals surface area contributed by atoms with Crippen molar-refractivity contribution in [3.05, 3.63) is 59.1 Å². The second-order valence-corrected chi connectivity index (χ2v) is 6.41. The van der Waals surface area contributed by atoms with E-state index in [9.17, 15) is 9.90 Å². The highest BCUT2D eigenvalue weighted by Crippen LogP contribution is 2.22. The average molecular weight is 356 g/mol. The van der Waals surface area contributed by atoms with E-state index in [1.807, 2.05) is 30.3 Å². The molecule has 2 heterocycles. The maximum atomic E-state index is 11.2. The number of β-amino-alcohol motifs (C(OH)–C–C–N with tert-alkyl or cyclic N) is 1. The van der Waals surface area contributed by atoms with Gasteiger partial charge in [-0.25, -0.2) is 4.79 Å². The summed E-state index contributed by atoms with van der Waals surface area (Å²) in [7, 11) is 0. The van der Waals surface area contributed by atoms with Crippen LogP contribution in [0.3, 0.4) is 0 Å². The molecule has 7 heteroatoms. The molecule has 7 nitrogen and oxygen atoms in total. The van der Waals surface area contributed by atoms with Crippen molar-refractivity contribution >= 4 is 11.1 Å². The molecule has 0 spiro atoms. The molecule has 0 aliphatic carbocycles. The third kappa shape index (κ3) is 3.89. The Morgan fingerprint density at radius 3 is 2.81 bits per heavy atom. The third-order valence-corrected chi connectivity index (χ3v) is 4.27. The summed E-state index contributed by atoms with van der Waals surface area (Å²) in [5.74, 6) is 0.967. The van der Waals surface area contributed by atoms with Crippen LogP contribution >= 0.6 is 0 Å². The molecule has 1 aliphatic rings. The SMILES string of the molecule is O=c1[nH]c2cc(OC3CN(CC(O)COc4ccccc4)C3)ccc2o1. The Labute approximate surface area is 149 Å². The number of benzene rings is 2. The van der Waals surface area contributed by atoms with Gasteiger partial charge in [0.2, 0.25) is 0 Å². The summed E-state index contributed by atoms with van der Waals surface area (Å²) in [5, 5.41) is 10.1. The first-order chi connectivity index (χ1) is 12.7. The molecule has 0 radical (unpaired) electrons. The number of H-pyrrole nitrogens is 1. The molecule has 0 bridgehead atoms. The van der Waals surface area contributed by atoms with E-state index in [4.69, 9.17) is 13.9 Å². The highest BCUT2D eigenvalue weighted by atomic mass is 16.5. The lowest BCUT2D eigenvalue weighted by Gasteiger charge is -2.39. The first-order valence-electron chi connectivity index (χ1n) is 8.53. The van der Waals surface area contributed by atoms with Gasteiger partial charge in [0.15, 0.2) is 5.58 Å². The summed E-state index contributed by atoms with van der Waals surface area (Å²) >= 11 is 0. The van der Waals surface area contributed by atoms with Crippen molar-refractivity contribution in [1.82, 2.24) is 9.88 Å². The van der Waals surface area contributed by atoms with Crippen molar-refractivity contribution in [3.8, 4) is 11.5 Å². The van der Waals surface area contributed by atoms with Gasteiger partial charge in [0.1, 0.15) is 30.3 Å². The molecule has 0 amide bonds. The summed E-state index contributed by atoms with van der Waals surface area (Å²) < 4.78 is 16.4. The smallest absolute Gasteiger partial charge is 0.417 e. The molecule has 136 valence electrons. The van der Waals surface area contributed by atoms with Gasteiger partial charge < -0.3 is 19.0 Å². The number of aromatic amines is 1. The predicted molar refractivity (Wildman–Crippen MR) is 95.6 cm³/mol. The van der Waals surface area contributed by atoms with Gasteiger partial charge in [-0.2, -0.15) is 0 Å². The first kappa shape index (κ1) is 16.7. The Kier molecular flexibility index (Phi) is 4.64. The highest BCUT2D eigenvalue weighted by molar-refractivity contribution is 5.73. The van der Waals surface area contributed by atoms with Crippen LogP contribution < -0.4 is 15.2 Å². The van der Waals surface area contributed by atoms with Crippen LogP contribution in [0.4, 0.5) is 0 Å². The van der Waals surface area contributed by atoms with Crippen LogP contribution in [0.5, 0.6) is 11.5 Å². The number of oxazole rings is 1. The van der Waals surface area contributed by atoms with E-state index < -0.39 is 11.9 Å². The van der Waals surface area contributed by atoms with Gasteiger partial charge in [0.25, 0.3) is 0 Å². The maximum Gasteiger partial charge on any atom is 0.417 e. The molecule has 2 aromatic carbocycles. The fourth-order valence-corrected chi connectivity index (χ4v) is 3.00. The molecule has 1 aromatic heterocycles. The number of hydrogen-bond donors (Lipinski definition) is 2. The second-order valence-electron chi connectivity index (χ2n) is 6.41. The van der Waals surface area contributed by atoms with Crippen LogP contribution in [0.1, 0.15) is 0 Å². The zero-order valence-electron chi connectivity index (χ0n) is 14.1. The predicted octanol–water partition coefficient (Wildman–Crippen LogP) is 1.62. The van der Waals surface area contributed by atoms with Crippen molar-refractivity contribution in [2.45, 2.75) is 12.2 Å². The molecule has 26 heavy (non-hydrogen) atoms. The Morgan fingerprint density at radius 2 is 2.00 bits per heavy atom. The van der Waals surface area contributed by atoms with Gasteiger partial charge in [-0.3, -0.25) is 9.88 Å². The van der Waals surface area contributed by atoms with E-state index in [2.05, 4.69) is 9.88 Å². The number of nitrogens with zero attached hydrogens (tertiary/aromatic N) is 1. The first-order valence-corrected chi connectivity index (χ1v) is 8.53. The molecule has 3 aromatic rings. The zero-order valence-corrected chi connectivity index (χ0v) is 14.1. The molecule has 0 saturated carbocycles. The van der Waals surface area contributed by atoms with Gasteiger partial charge in [-0.15, -0.1) is 0 Å². The number of aliphatic hydroxyl groups is 1. The Morgan fingerprint density at radius 1 is 1.19 bits per heavy atom. The molecule has 1 aliphatic heterocycles. The van der Waals surface area contributed by atoms with Crippen LogP contribution in [0.15, 0.2) is 57.7 Å². The summed E-state index contributed by atoms with van der Waals surface area (Å²) in [6.07, 6.45) is -0.489.